The van der Waals surface area contributed by atoms with Crippen LogP contribution in [0.1, 0.15) is 113 Å². The molecule has 5 rings (SSSR count). The molecule has 5 aliphatic rings. The van der Waals surface area contributed by atoms with Crippen molar-refractivity contribution >= 4 is 11.9 Å². The Morgan fingerprint density at radius 2 is 1.66 bits per heavy atom. The molecule has 0 heterocycles. The van der Waals surface area contributed by atoms with Gasteiger partial charge in [-0.3, -0.25) is 4.79 Å². The normalized spacial score (nSPS) is 49.0. The van der Waals surface area contributed by atoms with Crippen molar-refractivity contribution < 1.29 is 29.6 Å². The molecule has 230 valence electrons. The maximum absolute atomic E-state index is 12.9. The summed E-state index contributed by atoms with van der Waals surface area (Å²) < 4.78 is 5.95. The number of ether oxygens (including phenoxy) is 1. The van der Waals surface area contributed by atoms with E-state index in [0.717, 1.165) is 51.4 Å². The van der Waals surface area contributed by atoms with Crippen LogP contribution in [0.25, 0.3) is 0 Å². The summed E-state index contributed by atoms with van der Waals surface area (Å²) >= 11 is 0. The van der Waals surface area contributed by atoms with E-state index in [1.54, 1.807) is 19.9 Å². The van der Waals surface area contributed by atoms with Gasteiger partial charge in [-0.15, -0.1) is 0 Å². The van der Waals surface area contributed by atoms with Crippen molar-refractivity contribution in [3.63, 3.8) is 0 Å². The van der Waals surface area contributed by atoms with Crippen LogP contribution in [-0.4, -0.2) is 46.1 Å². The molecule has 6 heteroatoms. The molecule has 4 fully saturated rings. The van der Waals surface area contributed by atoms with Crippen molar-refractivity contribution in [1.82, 2.24) is 0 Å². The molecule has 0 saturated heterocycles. The maximum Gasteiger partial charge on any atom is 0.333 e. The van der Waals surface area contributed by atoms with E-state index < -0.39 is 35.0 Å². The molecule has 0 radical (unpaired) electrons. The molecular weight excluding hydrogens is 516 g/mol. The molecule has 0 aromatic heterocycles. The summed E-state index contributed by atoms with van der Waals surface area (Å²) in [6.45, 7) is 17.1. The summed E-state index contributed by atoms with van der Waals surface area (Å²) in [6.07, 6.45) is 9.96. The zero-order valence-electron chi connectivity index (χ0n) is 26.7. The van der Waals surface area contributed by atoms with Crippen molar-refractivity contribution in [2.45, 2.75) is 125 Å². The van der Waals surface area contributed by atoms with Gasteiger partial charge in [0.05, 0.1) is 18.1 Å². The Hall–Kier alpha value is -1.66. The highest BCUT2D eigenvalue weighted by Crippen LogP contribution is 2.75. The minimum Gasteiger partial charge on any atom is -0.481 e. The first-order valence-corrected chi connectivity index (χ1v) is 16.0. The highest BCUT2D eigenvalue weighted by Gasteiger charge is 2.71. The van der Waals surface area contributed by atoms with Gasteiger partial charge < -0.3 is 20.1 Å². The van der Waals surface area contributed by atoms with Crippen molar-refractivity contribution in [2.24, 2.45) is 50.2 Å². The maximum atomic E-state index is 12.9. The molecular formula is C35H54O6. The van der Waals surface area contributed by atoms with E-state index in [9.17, 15) is 24.9 Å². The van der Waals surface area contributed by atoms with Crippen LogP contribution < -0.4 is 0 Å². The van der Waals surface area contributed by atoms with E-state index >= 15 is 0 Å². The lowest BCUT2D eigenvalue weighted by molar-refractivity contribution is -0.249. The Balaban J connectivity index is 1.55. The van der Waals surface area contributed by atoms with Gasteiger partial charge in [-0.1, -0.05) is 59.3 Å². The van der Waals surface area contributed by atoms with E-state index in [1.165, 1.54) is 5.57 Å². The molecule has 0 spiro atoms. The summed E-state index contributed by atoms with van der Waals surface area (Å²) in [7, 11) is 0. The number of carbonyl (C=O) groups is 2. The quantitative estimate of drug-likeness (QED) is 0.198. The van der Waals surface area contributed by atoms with Crippen molar-refractivity contribution in [2.75, 3.05) is 6.61 Å². The Kier molecular flexibility index (Phi) is 7.26. The number of rotatable bonds is 4. The number of carboxylic acids is 1. The highest BCUT2D eigenvalue weighted by molar-refractivity contribution is 5.87. The molecule has 0 aromatic rings. The van der Waals surface area contributed by atoms with Gasteiger partial charge in [0.15, 0.2) is 0 Å². The van der Waals surface area contributed by atoms with Crippen molar-refractivity contribution in [1.29, 1.82) is 0 Å². The largest absolute Gasteiger partial charge is 0.481 e. The first kappa shape index (κ1) is 30.8. The van der Waals surface area contributed by atoms with Gasteiger partial charge in [0.2, 0.25) is 0 Å². The molecule has 4 saturated carbocycles. The van der Waals surface area contributed by atoms with E-state index in [1.807, 2.05) is 6.92 Å². The Morgan fingerprint density at radius 3 is 2.27 bits per heavy atom. The monoisotopic (exact) mass is 570 g/mol. The number of esters is 1. The van der Waals surface area contributed by atoms with Crippen molar-refractivity contribution in [3.8, 4) is 0 Å². The van der Waals surface area contributed by atoms with Crippen LogP contribution in [-0.2, 0) is 14.3 Å². The number of hydrogen-bond acceptors (Lipinski definition) is 5. The Morgan fingerprint density at radius 1 is 1.00 bits per heavy atom. The molecule has 5 aliphatic carbocycles. The Bertz CT molecular complexity index is 1170. The predicted octanol–water partition coefficient (Wildman–Crippen LogP) is 6.69. The van der Waals surface area contributed by atoms with Crippen LogP contribution in [0.3, 0.4) is 0 Å². The fourth-order valence-corrected chi connectivity index (χ4v) is 11.3. The second-order valence-electron chi connectivity index (χ2n) is 16.4. The van der Waals surface area contributed by atoms with E-state index in [4.69, 9.17) is 4.74 Å². The first-order valence-electron chi connectivity index (χ1n) is 16.0. The van der Waals surface area contributed by atoms with E-state index in [0.29, 0.717) is 12.0 Å². The summed E-state index contributed by atoms with van der Waals surface area (Å²) in [4.78, 5) is 25.7. The summed E-state index contributed by atoms with van der Waals surface area (Å²) in [5, 5.41) is 33.1. The zero-order chi connectivity index (χ0) is 30.4. The number of aliphatic hydroxyl groups excluding tert-OH is 2. The fourth-order valence-electron chi connectivity index (χ4n) is 11.3. The van der Waals surface area contributed by atoms with Gasteiger partial charge in [-0.2, -0.15) is 0 Å². The number of allylic oxidation sites excluding steroid dienone is 3. The third-order valence-electron chi connectivity index (χ3n) is 14.1. The average molecular weight is 571 g/mol. The first-order chi connectivity index (χ1) is 19.0. The lowest BCUT2D eigenvalue weighted by atomic mass is 9.33. The van der Waals surface area contributed by atoms with Gasteiger partial charge in [-0.05, 0) is 111 Å². The van der Waals surface area contributed by atoms with Gasteiger partial charge >= 0.3 is 11.9 Å². The topological polar surface area (TPSA) is 104 Å². The van der Waals surface area contributed by atoms with Gasteiger partial charge in [0, 0.05) is 11.0 Å². The Labute approximate surface area is 247 Å². The third-order valence-corrected chi connectivity index (χ3v) is 14.1. The van der Waals surface area contributed by atoms with Crippen LogP contribution >= 0.6 is 0 Å². The molecule has 0 amide bonds. The SMILES string of the molecule is CC=C(C)C(=O)OC1C(O)CC2(C)C(CCC3(C)C2CC=C2C4CC(C)(C)CCC4(C(=O)O)CCC23C)C1(C)CO. The molecule has 3 N–H and O–H groups in total. The summed E-state index contributed by atoms with van der Waals surface area (Å²) in [6, 6.07) is 0. The number of hydrogen-bond donors (Lipinski definition) is 3. The standard InChI is InChI=1S/C35H54O6/c1-9-21(2)28(38)41-27-24(37)19-31(5)25(32(27,6)20-36)12-13-34(8)26(31)11-10-22-23-18-30(3,4)14-16-35(23,29(39)40)17-15-33(22,34)7/h9-10,23-27,36-37H,11-20H2,1-8H3,(H,39,40). The van der Waals surface area contributed by atoms with Crippen LogP contribution in [0.15, 0.2) is 23.3 Å². The van der Waals surface area contributed by atoms with E-state index in [2.05, 4.69) is 40.7 Å². The second kappa shape index (κ2) is 9.67. The van der Waals surface area contributed by atoms with Crippen molar-refractivity contribution in [3.05, 3.63) is 23.3 Å². The summed E-state index contributed by atoms with van der Waals surface area (Å²) in [5.41, 5.74) is 0.141. The molecule has 10 atom stereocenters. The number of carbonyl (C=O) groups excluding carboxylic acids is 1. The molecule has 0 aromatic carbocycles. The minimum atomic E-state index is -0.868. The van der Waals surface area contributed by atoms with Crippen LogP contribution in [0, 0.1) is 50.2 Å². The number of aliphatic hydroxyl groups is 2. The number of fused-ring (bicyclic) bond motifs is 7. The molecule has 10 unspecified atom stereocenters. The molecule has 41 heavy (non-hydrogen) atoms. The highest BCUT2D eigenvalue weighted by atomic mass is 16.6. The third kappa shape index (κ3) is 4.08. The van der Waals surface area contributed by atoms with E-state index in [-0.39, 0.29) is 46.0 Å². The lowest BCUT2D eigenvalue weighted by Gasteiger charge is -2.71. The fraction of sp³-hybridized carbons (Fsp3) is 0.829. The smallest absolute Gasteiger partial charge is 0.333 e. The second-order valence-corrected chi connectivity index (χ2v) is 16.4. The van der Waals surface area contributed by atoms with Crippen LogP contribution in [0.5, 0.6) is 0 Å². The molecule has 0 bridgehead atoms. The number of carboxylic acid groups (broad SMARTS) is 1. The van der Waals surface area contributed by atoms with Gasteiger partial charge in [-0.25, -0.2) is 4.79 Å². The van der Waals surface area contributed by atoms with Crippen LogP contribution in [0.4, 0.5) is 0 Å². The summed E-state index contributed by atoms with van der Waals surface area (Å²) in [5.74, 6) is -0.640. The average Bonchev–Trinajstić information content (AvgIpc) is 2.90. The molecule has 6 nitrogen and oxygen atoms in total. The zero-order valence-corrected chi connectivity index (χ0v) is 26.7. The lowest BCUT2D eigenvalue weighted by Crippen LogP contribution is -2.68. The minimum absolute atomic E-state index is 0.0594. The van der Waals surface area contributed by atoms with Crippen LogP contribution in [0.2, 0.25) is 0 Å². The van der Waals surface area contributed by atoms with Gasteiger partial charge in [0.1, 0.15) is 6.10 Å². The van der Waals surface area contributed by atoms with Gasteiger partial charge in [0.25, 0.3) is 0 Å². The number of aliphatic carboxylic acids is 1. The molecule has 0 aliphatic heterocycles. The predicted molar refractivity (Wildman–Crippen MR) is 159 cm³/mol.